The third-order valence-electron chi connectivity index (χ3n) is 6.28. The molecule has 5 rings (SSSR count). The second-order valence-corrected chi connectivity index (χ2v) is 8.52. The molecular weight excluding hydrogens is 461 g/mol. The Balaban J connectivity index is 1.41. The zero-order chi connectivity index (χ0) is 25.1. The molecule has 2 aromatic heterocycles. The van der Waals surface area contributed by atoms with Gasteiger partial charge in [0, 0.05) is 43.7 Å². The predicted octanol–water partition coefficient (Wildman–Crippen LogP) is 2.33. The van der Waals surface area contributed by atoms with Crippen molar-refractivity contribution in [3.05, 3.63) is 72.8 Å². The molecule has 0 saturated carbocycles. The summed E-state index contributed by atoms with van der Waals surface area (Å²) in [5.74, 6) is 2.40. The molecule has 4 aromatic rings. The number of rotatable bonds is 6. The third kappa shape index (κ3) is 4.74. The molecule has 1 aliphatic heterocycles. The van der Waals surface area contributed by atoms with Gasteiger partial charge in [0.25, 0.3) is 11.7 Å². The summed E-state index contributed by atoms with van der Waals surface area (Å²) in [6, 6.07) is 15.6. The van der Waals surface area contributed by atoms with Gasteiger partial charge in [-0.2, -0.15) is 0 Å². The molecule has 36 heavy (non-hydrogen) atoms. The van der Waals surface area contributed by atoms with Crippen molar-refractivity contribution in [1.29, 1.82) is 0 Å². The zero-order valence-corrected chi connectivity index (χ0v) is 20.2. The van der Waals surface area contributed by atoms with Crippen LogP contribution in [-0.2, 0) is 18.4 Å². The molecule has 0 aliphatic carbocycles. The minimum Gasteiger partial charge on any atom is -0.497 e. The number of carbonyl (C=O) groups is 1. The van der Waals surface area contributed by atoms with Crippen molar-refractivity contribution in [3.8, 4) is 28.5 Å². The van der Waals surface area contributed by atoms with Crippen LogP contribution in [-0.4, -0.2) is 63.8 Å². The Kier molecular flexibility index (Phi) is 6.57. The van der Waals surface area contributed by atoms with E-state index < -0.39 is 0 Å². The highest BCUT2D eigenvalue weighted by Crippen LogP contribution is 2.24. The number of hydrogen-bond donors (Lipinski definition) is 0. The molecule has 1 fully saturated rings. The molecule has 184 valence electrons. The van der Waals surface area contributed by atoms with E-state index in [1.807, 2.05) is 40.8 Å². The Bertz CT molecular complexity index is 1350. The summed E-state index contributed by atoms with van der Waals surface area (Å²) >= 11 is 0. The fraction of sp³-hybridized carbons (Fsp3) is 0.269. The van der Waals surface area contributed by atoms with E-state index in [9.17, 15) is 9.18 Å². The van der Waals surface area contributed by atoms with Gasteiger partial charge in [0.05, 0.1) is 25.3 Å². The summed E-state index contributed by atoms with van der Waals surface area (Å²) in [6.07, 6.45) is 3.43. The monoisotopic (exact) mass is 488 g/mol. The van der Waals surface area contributed by atoms with E-state index in [1.54, 1.807) is 42.4 Å². The van der Waals surface area contributed by atoms with Crippen LogP contribution in [0.4, 0.5) is 10.3 Å². The molecule has 0 N–H and O–H groups in total. The molecular formula is C26H27FN7O2+. The lowest BCUT2D eigenvalue weighted by Crippen LogP contribution is -2.50. The Morgan fingerprint density at radius 1 is 1.00 bits per heavy atom. The summed E-state index contributed by atoms with van der Waals surface area (Å²) < 4.78 is 22.6. The largest absolute Gasteiger partial charge is 0.497 e. The van der Waals surface area contributed by atoms with Gasteiger partial charge >= 0.3 is 5.82 Å². The molecule has 0 radical (unpaired) electrons. The van der Waals surface area contributed by atoms with Crippen molar-refractivity contribution in [3.63, 3.8) is 0 Å². The number of nitrogens with zero attached hydrogens (tertiary/aromatic N) is 7. The van der Waals surface area contributed by atoms with Gasteiger partial charge < -0.3 is 14.5 Å². The van der Waals surface area contributed by atoms with Gasteiger partial charge in [0.2, 0.25) is 5.95 Å². The number of benzene rings is 2. The normalized spacial score (nSPS) is 13.6. The van der Waals surface area contributed by atoms with E-state index in [1.165, 1.54) is 12.1 Å². The smallest absolute Gasteiger partial charge is 0.309 e. The number of carbonyl (C=O) groups excluding carboxylic acids is 1. The van der Waals surface area contributed by atoms with Crippen LogP contribution in [0.15, 0.2) is 67.0 Å². The number of halogens is 1. The summed E-state index contributed by atoms with van der Waals surface area (Å²) in [4.78, 5) is 25.8. The van der Waals surface area contributed by atoms with E-state index in [4.69, 9.17) is 9.84 Å². The number of piperazine rings is 1. The van der Waals surface area contributed by atoms with Crippen molar-refractivity contribution in [1.82, 2.24) is 24.6 Å². The molecule has 3 heterocycles. The van der Waals surface area contributed by atoms with Crippen LogP contribution in [0.5, 0.6) is 5.75 Å². The summed E-state index contributed by atoms with van der Waals surface area (Å²) in [5.41, 5.74) is 1.61. The maximum Gasteiger partial charge on any atom is 0.309 e. The second-order valence-electron chi connectivity index (χ2n) is 8.52. The molecule has 1 saturated heterocycles. The number of aromatic nitrogens is 5. The molecule has 9 nitrogen and oxygen atoms in total. The molecule has 0 unspecified atom stereocenters. The molecule has 0 spiro atoms. The fourth-order valence-corrected chi connectivity index (χ4v) is 4.41. The van der Waals surface area contributed by atoms with Gasteiger partial charge in [-0.1, -0.05) is 10.7 Å². The molecule has 1 aliphatic rings. The van der Waals surface area contributed by atoms with Crippen molar-refractivity contribution in [2.45, 2.75) is 6.54 Å². The van der Waals surface area contributed by atoms with Crippen LogP contribution in [0.25, 0.3) is 22.8 Å². The minimum absolute atomic E-state index is 0.0349. The highest BCUT2D eigenvalue weighted by molar-refractivity contribution is 5.77. The average molecular weight is 489 g/mol. The van der Waals surface area contributed by atoms with Crippen molar-refractivity contribution < 1.29 is 18.5 Å². The van der Waals surface area contributed by atoms with Crippen LogP contribution in [0.2, 0.25) is 0 Å². The lowest BCUT2D eigenvalue weighted by atomic mass is 10.2. The molecule has 0 bridgehead atoms. The summed E-state index contributed by atoms with van der Waals surface area (Å²) in [6.45, 7) is 2.51. The first kappa shape index (κ1) is 23.4. The van der Waals surface area contributed by atoms with Gasteiger partial charge in [-0.3, -0.25) is 4.79 Å². The first-order chi connectivity index (χ1) is 17.5. The Morgan fingerprint density at radius 2 is 1.72 bits per heavy atom. The van der Waals surface area contributed by atoms with Crippen LogP contribution in [0, 0.1) is 5.82 Å². The number of hydrogen-bond acceptors (Lipinski definition) is 6. The fourth-order valence-electron chi connectivity index (χ4n) is 4.41. The molecule has 2 aromatic carbocycles. The van der Waals surface area contributed by atoms with Crippen LogP contribution in [0.1, 0.15) is 0 Å². The number of anilines is 1. The minimum atomic E-state index is -0.322. The lowest BCUT2D eigenvalue weighted by Gasteiger charge is -2.34. The summed E-state index contributed by atoms with van der Waals surface area (Å²) in [7, 11) is 3.50. The van der Waals surface area contributed by atoms with Crippen LogP contribution < -0.4 is 14.2 Å². The second kappa shape index (κ2) is 10.1. The summed E-state index contributed by atoms with van der Waals surface area (Å²) in [5, 5.41) is 4.80. The topological polar surface area (TPSA) is 80.3 Å². The standard InChI is InChI=1S/C26H27FN7O2/c1-31-24(20-5-3-6-22(17-20)36-2)30-34(25(31)19-7-9-21(27)10-8-19)18-23(35)32-13-15-33(16-14-32)26-28-11-4-12-29-26/h3-12,17H,13-16,18H2,1-2H3/q+1. The lowest BCUT2D eigenvalue weighted by molar-refractivity contribution is -0.649. The van der Waals surface area contributed by atoms with Gasteiger partial charge in [-0.15, -0.1) is 0 Å². The average Bonchev–Trinajstić information content (AvgIpc) is 3.25. The quantitative estimate of drug-likeness (QED) is 0.388. The van der Waals surface area contributed by atoms with E-state index >= 15 is 0 Å². The third-order valence-corrected chi connectivity index (χ3v) is 6.28. The zero-order valence-electron chi connectivity index (χ0n) is 20.2. The van der Waals surface area contributed by atoms with Gasteiger partial charge in [-0.05, 0) is 48.5 Å². The first-order valence-electron chi connectivity index (χ1n) is 11.7. The van der Waals surface area contributed by atoms with Crippen molar-refractivity contribution in [2.75, 3.05) is 38.2 Å². The van der Waals surface area contributed by atoms with Gasteiger partial charge in [0.15, 0.2) is 6.54 Å². The molecule has 10 heteroatoms. The van der Waals surface area contributed by atoms with E-state index in [0.29, 0.717) is 49.5 Å². The Hall–Kier alpha value is -4.34. The van der Waals surface area contributed by atoms with Gasteiger partial charge in [-0.25, -0.2) is 18.9 Å². The predicted molar refractivity (Wildman–Crippen MR) is 132 cm³/mol. The maximum atomic E-state index is 13.6. The van der Waals surface area contributed by atoms with Crippen LogP contribution in [0.3, 0.4) is 0 Å². The number of ether oxygens (including phenoxy) is 1. The molecule has 1 amide bonds. The Labute approximate surface area is 208 Å². The highest BCUT2D eigenvalue weighted by Gasteiger charge is 2.30. The van der Waals surface area contributed by atoms with Crippen LogP contribution >= 0.6 is 0 Å². The SMILES string of the molecule is COc1cccc(-c2nn(CC(=O)N3CCN(c4ncccn4)CC3)c(-c3ccc(F)cc3)[n+]2C)c1. The van der Waals surface area contributed by atoms with Gasteiger partial charge in [0.1, 0.15) is 11.6 Å². The van der Waals surface area contributed by atoms with E-state index in [-0.39, 0.29) is 18.3 Å². The number of methoxy groups -OCH3 is 1. The van der Waals surface area contributed by atoms with Crippen molar-refractivity contribution >= 4 is 11.9 Å². The first-order valence-corrected chi connectivity index (χ1v) is 11.7. The maximum absolute atomic E-state index is 13.6. The highest BCUT2D eigenvalue weighted by atomic mass is 19.1. The Morgan fingerprint density at radius 3 is 2.42 bits per heavy atom. The molecule has 0 atom stereocenters. The van der Waals surface area contributed by atoms with E-state index in [0.717, 1.165) is 11.1 Å². The van der Waals surface area contributed by atoms with Crippen molar-refractivity contribution in [2.24, 2.45) is 7.05 Å². The van der Waals surface area contributed by atoms with E-state index in [2.05, 4.69) is 14.9 Å². The number of amides is 1.